The first-order valence-electron chi connectivity index (χ1n) is 6.23. The van der Waals surface area contributed by atoms with Crippen molar-refractivity contribution in [2.24, 2.45) is 11.8 Å². The van der Waals surface area contributed by atoms with Crippen LogP contribution in [-0.2, 0) is 9.59 Å². The molecule has 0 radical (unpaired) electrons. The van der Waals surface area contributed by atoms with Crippen molar-refractivity contribution in [3.8, 4) is 0 Å². The molecule has 0 saturated heterocycles. The number of rotatable bonds is 5. The number of amides is 1. The highest BCUT2D eigenvalue weighted by Gasteiger charge is 2.26. The largest absolute Gasteiger partial charge is 0.481 e. The maximum atomic E-state index is 13.8. The van der Waals surface area contributed by atoms with Gasteiger partial charge in [-0.1, -0.05) is 20.8 Å². The van der Waals surface area contributed by atoms with E-state index in [4.69, 9.17) is 5.11 Å². The van der Waals surface area contributed by atoms with Crippen molar-refractivity contribution in [3.05, 3.63) is 29.8 Å². The van der Waals surface area contributed by atoms with Crippen molar-refractivity contribution in [1.29, 1.82) is 0 Å². The van der Waals surface area contributed by atoms with Gasteiger partial charge < -0.3 is 10.0 Å². The van der Waals surface area contributed by atoms with Gasteiger partial charge in [0.05, 0.1) is 11.6 Å². The van der Waals surface area contributed by atoms with Crippen LogP contribution in [0.5, 0.6) is 0 Å². The number of halogens is 2. The van der Waals surface area contributed by atoms with E-state index in [-0.39, 0.29) is 12.2 Å². The monoisotopic (exact) mass is 285 g/mol. The molecule has 1 unspecified atom stereocenters. The smallest absolute Gasteiger partial charge is 0.308 e. The SMILES string of the molecule is CC(C)C(=O)N(CC(C)C(=O)O)c1ccc(F)cc1F. The van der Waals surface area contributed by atoms with Gasteiger partial charge in [-0.25, -0.2) is 8.78 Å². The number of nitrogens with zero attached hydrogens (tertiary/aromatic N) is 1. The average molecular weight is 285 g/mol. The molecule has 1 aromatic carbocycles. The Hall–Kier alpha value is -1.98. The highest BCUT2D eigenvalue weighted by Crippen LogP contribution is 2.23. The van der Waals surface area contributed by atoms with Crippen molar-refractivity contribution in [2.75, 3.05) is 11.4 Å². The first-order valence-corrected chi connectivity index (χ1v) is 6.23. The fourth-order valence-electron chi connectivity index (χ4n) is 1.67. The zero-order chi connectivity index (χ0) is 15.4. The van der Waals surface area contributed by atoms with Gasteiger partial charge in [0.15, 0.2) is 0 Å². The minimum Gasteiger partial charge on any atom is -0.481 e. The Balaban J connectivity index is 3.16. The average Bonchev–Trinajstić information content (AvgIpc) is 2.35. The lowest BCUT2D eigenvalue weighted by molar-refractivity contribution is -0.140. The maximum absolute atomic E-state index is 13.8. The number of aliphatic carboxylic acids is 1. The highest BCUT2D eigenvalue weighted by molar-refractivity contribution is 5.95. The fourth-order valence-corrected chi connectivity index (χ4v) is 1.67. The Morgan fingerprint density at radius 3 is 2.30 bits per heavy atom. The van der Waals surface area contributed by atoms with Crippen LogP contribution in [0, 0.1) is 23.5 Å². The number of carboxylic acids is 1. The molecule has 20 heavy (non-hydrogen) atoms. The van der Waals surface area contributed by atoms with Crippen molar-refractivity contribution in [2.45, 2.75) is 20.8 Å². The Morgan fingerprint density at radius 1 is 1.25 bits per heavy atom. The minimum atomic E-state index is -1.09. The van der Waals surface area contributed by atoms with Crippen LogP contribution in [0.4, 0.5) is 14.5 Å². The van der Waals surface area contributed by atoms with Crippen molar-refractivity contribution in [1.82, 2.24) is 0 Å². The van der Waals surface area contributed by atoms with E-state index in [1.165, 1.54) is 6.92 Å². The Labute approximate surface area is 116 Å². The van der Waals surface area contributed by atoms with E-state index in [0.29, 0.717) is 6.07 Å². The van der Waals surface area contributed by atoms with E-state index in [1.807, 2.05) is 0 Å². The number of benzene rings is 1. The van der Waals surface area contributed by atoms with Gasteiger partial charge in [0.25, 0.3) is 0 Å². The molecule has 6 heteroatoms. The summed E-state index contributed by atoms with van der Waals surface area (Å²) in [7, 11) is 0. The minimum absolute atomic E-state index is 0.113. The molecular weight excluding hydrogens is 268 g/mol. The second-order valence-electron chi connectivity index (χ2n) is 4.94. The van der Waals surface area contributed by atoms with Gasteiger partial charge in [0.2, 0.25) is 5.91 Å². The third kappa shape index (κ3) is 3.76. The summed E-state index contributed by atoms with van der Waals surface area (Å²) in [6.45, 7) is 4.50. The second kappa shape index (κ2) is 6.45. The van der Waals surface area contributed by atoms with Crippen LogP contribution in [0.2, 0.25) is 0 Å². The molecule has 110 valence electrons. The van der Waals surface area contributed by atoms with Gasteiger partial charge in [-0.15, -0.1) is 0 Å². The lowest BCUT2D eigenvalue weighted by Crippen LogP contribution is -2.40. The maximum Gasteiger partial charge on any atom is 0.308 e. The third-order valence-corrected chi connectivity index (χ3v) is 2.84. The van der Waals surface area contributed by atoms with Crippen LogP contribution in [0.3, 0.4) is 0 Å². The first kappa shape index (κ1) is 16.1. The molecule has 0 aliphatic carbocycles. The molecule has 1 aromatic rings. The van der Waals surface area contributed by atoms with E-state index in [9.17, 15) is 18.4 Å². The molecule has 4 nitrogen and oxygen atoms in total. The summed E-state index contributed by atoms with van der Waals surface area (Å²) in [6.07, 6.45) is 0. The van der Waals surface area contributed by atoms with E-state index in [1.54, 1.807) is 13.8 Å². The molecule has 0 aliphatic heterocycles. The highest BCUT2D eigenvalue weighted by atomic mass is 19.1. The van der Waals surface area contributed by atoms with Crippen LogP contribution in [0.15, 0.2) is 18.2 Å². The lowest BCUT2D eigenvalue weighted by Gasteiger charge is -2.26. The van der Waals surface area contributed by atoms with Gasteiger partial charge in [-0.05, 0) is 12.1 Å². The Bertz CT molecular complexity index is 517. The molecule has 0 bridgehead atoms. The van der Waals surface area contributed by atoms with Crippen LogP contribution >= 0.6 is 0 Å². The van der Waals surface area contributed by atoms with Crippen LogP contribution in [0.1, 0.15) is 20.8 Å². The molecule has 0 spiro atoms. The van der Waals surface area contributed by atoms with Crippen LogP contribution in [-0.4, -0.2) is 23.5 Å². The molecule has 0 aliphatic rings. The summed E-state index contributed by atoms with van der Waals surface area (Å²) in [5.74, 6) is -4.44. The number of hydrogen-bond donors (Lipinski definition) is 1. The third-order valence-electron chi connectivity index (χ3n) is 2.84. The summed E-state index contributed by atoms with van der Waals surface area (Å²) in [5, 5.41) is 8.92. The van der Waals surface area contributed by atoms with Gasteiger partial charge in [0, 0.05) is 18.5 Å². The van der Waals surface area contributed by atoms with Crippen LogP contribution < -0.4 is 4.90 Å². The summed E-state index contributed by atoms with van der Waals surface area (Å²) in [4.78, 5) is 24.1. The van der Waals surface area contributed by atoms with E-state index in [2.05, 4.69) is 0 Å². The van der Waals surface area contributed by atoms with E-state index < -0.39 is 35.3 Å². The molecule has 0 saturated carbocycles. The summed E-state index contributed by atoms with van der Waals surface area (Å²) in [5.41, 5.74) is -0.113. The predicted molar refractivity (Wildman–Crippen MR) is 70.3 cm³/mol. The predicted octanol–water partition coefficient (Wildman–Crippen LogP) is 2.67. The summed E-state index contributed by atoms with van der Waals surface area (Å²) in [6, 6.07) is 2.84. The molecule has 1 atom stereocenters. The van der Waals surface area contributed by atoms with Gasteiger partial charge in [0.1, 0.15) is 11.6 Å². The first-order chi connectivity index (χ1) is 9.23. The summed E-state index contributed by atoms with van der Waals surface area (Å²) >= 11 is 0. The zero-order valence-corrected chi connectivity index (χ0v) is 11.6. The van der Waals surface area contributed by atoms with Gasteiger partial charge in [-0.3, -0.25) is 9.59 Å². The van der Waals surface area contributed by atoms with Crippen molar-refractivity contribution in [3.63, 3.8) is 0 Å². The van der Waals surface area contributed by atoms with Gasteiger partial charge in [-0.2, -0.15) is 0 Å². The Morgan fingerprint density at radius 2 is 1.85 bits per heavy atom. The lowest BCUT2D eigenvalue weighted by atomic mass is 10.1. The molecule has 1 rings (SSSR count). The number of carboxylic acid groups (broad SMARTS) is 1. The van der Waals surface area contributed by atoms with Crippen molar-refractivity contribution >= 4 is 17.6 Å². The molecule has 1 N–H and O–H groups in total. The number of carbonyl (C=O) groups is 2. The Kier molecular flexibility index (Phi) is 5.19. The number of hydrogen-bond acceptors (Lipinski definition) is 2. The quantitative estimate of drug-likeness (QED) is 0.905. The standard InChI is InChI=1S/C14H17F2NO3/c1-8(2)13(18)17(7-9(3)14(19)20)12-5-4-10(15)6-11(12)16/h4-6,8-9H,7H2,1-3H3,(H,19,20). The number of carbonyl (C=O) groups excluding carboxylic acids is 1. The summed E-state index contributed by atoms with van der Waals surface area (Å²) < 4.78 is 26.7. The molecule has 0 aromatic heterocycles. The van der Waals surface area contributed by atoms with Crippen molar-refractivity contribution < 1.29 is 23.5 Å². The molecular formula is C14H17F2NO3. The van der Waals surface area contributed by atoms with Crippen LogP contribution in [0.25, 0.3) is 0 Å². The second-order valence-corrected chi connectivity index (χ2v) is 4.94. The molecule has 0 fully saturated rings. The zero-order valence-electron chi connectivity index (χ0n) is 11.6. The fraction of sp³-hybridized carbons (Fsp3) is 0.429. The normalized spacial score (nSPS) is 12.3. The molecule has 1 amide bonds. The van der Waals surface area contributed by atoms with E-state index in [0.717, 1.165) is 17.0 Å². The van der Waals surface area contributed by atoms with E-state index >= 15 is 0 Å². The molecule has 0 heterocycles. The topological polar surface area (TPSA) is 57.6 Å². The van der Waals surface area contributed by atoms with Gasteiger partial charge >= 0.3 is 5.97 Å². The number of anilines is 1.